The molecule has 2 aromatic heterocycles. The number of carboxylic acid groups (broad SMARTS) is 1. The number of alkyl halides is 3. The lowest BCUT2D eigenvalue weighted by molar-refractivity contribution is -0.192. The van der Waals surface area contributed by atoms with Crippen LogP contribution < -0.4 is 10.5 Å². The smallest absolute Gasteiger partial charge is 0.490 e. The third kappa shape index (κ3) is 5.72. The number of halogens is 4. The number of carbonyl (C=O) groups is 1. The summed E-state index contributed by atoms with van der Waals surface area (Å²) in [5.74, 6) is -1.81. The number of hydrogen-bond donors (Lipinski definition) is 2. The lowest BCUT2D eigenvalue weighted by Gasteiger charge is -2.42. The number of aliphatic carboxylic acids is 1. The van der Waals surface area contributed by atoms with Crippen LogP contribution in [0, 0.1) is 5.82 Å². The average Bonchev–Trinajstić information content (AvgIpc) is 3.59. The van der Waals surface area contributed by atoms with Gasteiger partial charge in [-0.1, -0.05) is 5.16 Å². The molecule has 0 radical (unpaired) electrons. The van der Waals surface area contributed by atoms with Gasteiger partial charge in [-0.15, -0.1) is 0 Å². The molecule has 0 saturated heterocycles. The molecule has 3 unspecified atom stereocenters. The van der Waals surface area contributed by atoms with Crippen LogP contribution in [0.5, 0.6) is 5.75 Å². The highest BCUT2D eigenvalue weighted by Gasteiger charge is 2.54. The van der Waals surface area contributed by atoms with Crippen molar-refractivity contribution >= 4 is 21.9 Å². The Morgan fingerprint density at radius 2 is 1.93 bits per heavy atom. The molecule has 16 heteroatoms. The first-order chi connectivity index (χ1) is 19.7. The Kier molecular flexibility index (Phi) is 8.42. The first kappa shape index (κ1) is 31.0. The quantitative estimate of drug-likeness (QED) is 0.410. The van der Waals surface area contributed by atoms with E-state index < -0.39 is 38.0 Å². The van der Waals surface area contributed by atoms with Gasteiger partial charge in [-0.2, -0.15) is 13.2 Å². The summed E-state index contributed by atoms with van der Waals surface area (Å²) in [7, 11) is 0.303. The second kappa shape index (κ2) is 11.4. The third-order valence-electron chi connectivity index (χ3n) is 7.32. The van der Waals surface area contributed by atoms with Gasteiger partial charge in [-0.25, -0.2) is 27.7 Å². The minimum absolute atomic E-state index is 0.0857. The van der Waals surface area contributed by atoms with E-state index in [0.717, 1.165) is 12.8 Å². The van der Waals surface area contributed by atoms with Gasteiger partial charge < -0.3 is 20.1 Å². The zero-order valence-electron chi connectivity index (χ0n) is 22.8. The van der Waals surface area contributed by atoms with E-state index in [1.165, 1.54) is 25.6 Å². The highest BCUT2D eigenvalue weighted by atomic mass is 32.2. The van der Waals surface area contributed by atoms with Gasteiger partial charge in [0.1, 0.15) is 10.6 Å². The first-order valence-electron chi connectivity index (χ1n) is 12.6. The van der Waals surface area contributed by atoms with Crippen molar-refractivity contribution in [2.75, 3.05) is 19.9 Å². The lowest BCUT2D eigenvalue weighted by atomic mass is 9.91. The van der Waals surface area contributed by atoms with Gasteiger partial charge in [-0.05, 0) is 44.4 Å². The number of rotatable bonds is 4. The number of nitrogens with zero attached hydrogens (tertiary/aromatic N) is 5. The lowest BCUT2D eigenvalue weighted by Crippen LogP contribution is -2.57. The minimum Gasteiger partial charge on any atom is -0.494 e. The molecule has 3 heterocycles. The third-order valence-corrected chi connectivity index (χ3v) is 10.7. The first-order valence-corrected chi connectivity index (χ1v) is 14.2. The zero-order chi connectivity index (χ0) is 30.9. The SMILES string of the molecule is CN=S1(=O)C[C@@](C)(c2cc(-c3cc(-c4ncc(OC)cn4)no3)ccc2F)N=CC12CCCC2N.O=C(O)C(F)(F)F. The summed E-state index contributed by atoms with van der Waals surface area (Å²) in [5.41, 5.74) is 6.64. The number of benzene rings is 1. The topological polar surface area (TPSA) is 166 Å². The molecule has 4 atom stereocenters. The second-order valence-electron chi connectivity index (χ2n) is 9.97. The molecule has 5 rings (SSSR count). The maximum absolute atomic E-state index is 15.2. The molecular formula is C26H28F4N6O5S. The van der Waals surface area contributed by atoms with Crippen LogP contribution in [0.4, 0.5) is 17.6 Å². The number of aliphatic imine (C=N–C) groups is 1. The summed E-state index contributed by atoms with van der Waals surface area (Å²) in [6.07, 6.45) is 1.99. The van der Waals surface area contributed by atoms with Gasteiger partial charge in [0.25, 0.3) is 0 Å². The van der Waals surface area contributed by atoms with E-state index >= 15 is 4.39 Å². The second-order valence-corrected chi connectivity index (χ2v) is 12.7. The molecule has 1 aromatic carbocycles. The molecule has 3 aromatic rings. The maximum Gasteiger partial charge on any atom is 0.490 e. The van der Waals surface area contributed by atoms with E-state index in [1.54, 1.807) is 38.4 Å². The monoisotopic (exact) mass is 612 g/mol. The van der Waals surface area contributed by atoms with Crippen molar-refractivity contribution in [1.82, 2.24) is 15.1 Å². The molecule has 11 nitrogen and oxygen atoms in total. The van der Waals surface area contributed by atoms with Gasteiger partial charge >= 0.3 is 12.1 Å². The summed E-state index contributed by atoms with van der Waals surface area (Å²) < 4.78 is 75.1. The Bertz CT molecular complexity index is 1620. The highest BCUT2D eigenvalue weighted by Crippen LogP contribution is 2.45. The summed E-state index contributed by atoms with van der Waals surface area (Å²) in [6, 6.07) is 6.02. The largest absolute Gasteiger partial charge is 0.494 e. The van der Waals surface area contributed by atoms with E-state index in [-0.39, 0.29) is 11.8 Å². The number of aromatic nitrogens is 3. The normalized spacial score (nSPS) is 26.9. The van der Waals surface area contributed by atoms with Crippen LogP contribution in [0.25, 0.3) is 22.8 Å². The van der Waals surface area contributed by atoms with Crippen LogP contribution >= 0.6 is 0 Å². The van der Waals surface area contributed by atoms with E-state index in [2.05, 4.69) is 19.5 Å². The van der Waals surface area contributed by atoms with Crippen molar-refractivity contribution in [2.45, 2.75) is 48.7 Å². The molecule has 1 saturated carbocycles. The van der Waals surface area contributed by atoms with Crippen molar-refractivity contribution in [3.63, 3.8) is 0 Å². The number of methoxy groups -OCH3 is 1. The molecule has 0 bridgehead atoms. The zero-order valence-corrected chi connectivity index (χ0v) is 23.6. The Balaban J connectivity index is 0.000000517. The molecule has 2 aliphatic rings. The fourth-order valence-electron chi connectivity index (χ4n) is 5.01. The van der Waals surface area contributed by atoms with E-state index in [4.69, 9.17) is 29.9 Å². The fourth-order valence-corrected chi connectivity index (χ4v) is 8.02. The van der Waals surface area contributed by atoms with Crippen molar-refractivity contribution in [1.29, 1.82) is 0 Å². The van der Waals surface area contributed by atoms with Crippen molar-refractivity contribution in [3.05, 3.63) is 48.0 Å². The minimum atomic E-state index is -5.08. The molecule has 42 heavy (non-hydrogen) atoms. The molecule has 1 aliphatic carbocycles. The van der Waals surface area contributed by atoms with E-state index in [1.807, 2.05) is 0 Å². The van der Waals surface area contributed by atoms with Gasteiger partial charge in [0, 0.05) is 36.5 Å². The Morgan fingerprint density at radius 1 is 1.26 bits per heavy atom. The number of carboxylic acids is 1. The molecule has 3 N–H and O–H groups in total. The predicted molar refractivity (Wildman–Crippen MR) is 145 cm³/mol. The van der Waals surface area contributed by atoms with Gasteiger partial charge in [0.05, 0.1) is 40.5 Å². The van der Waals surface area contributed by atoms with Crippen LogP contribution in [0.3, 0.4) is 0 Å². The Labute approximate surface area is 238 Å². The molecule has 226 valence electrons. The van der Waals surface area contributed by atoms with Gasteiger partial charge in [0.15, 0.2) is 23.0 Å². The van der Waals surface area contributed by atoms with Crippen molar-refractivity contribution in [3.8, 4) is 28.6 Å². The van der Waals surface area contributed by atoms with E-state index in [0.29, 0.717) is 40.6 Å². The molecule has 1 spiro atoms. The van der Waals surface area contributed by atoms with Crippen LogP contribution in [-0.4, -0.2) is 73.5 Å². The summed E-state index contributed by atoms with van der Waals surface area (Å²) in [6.45, 7) is 1.78. The summed E-state index contributed by atoms with van der Waals surface area (Å²) >= 11 is 0. The Morgan fingerprint density at radius 3 is 2.48 bits per heavy atom. The van der Waals surface area contributed by atoms with Crippen LogP contribution in [0.15, 0.2) is 50.5 Å². The van der Waals surface area contributed by atoms with Gasteiger partial charge in [-0.3, -0.25) is 4.99 Å². The summed E-state index contributed by atoms with van der Waals surface area (Å²) in [5, 5.41) is 11.2. The number of hydrogen-bond acceptors (Lipinski definition) is 10. The van der Waals surface area contributed by atoms with Crippen molar-refractivity contribution < 1.29 is 40.9 Å². The molecule has 1 aliphatic heterocycles. The highest BCUT2D eigenvalue weighted by molar-refractivity contribution is 7.95. The molecule has 1 fully saturated rings. The van der Waals surface area contributed by atoms with Crippen LogP contribution in [0.1, 0.15) is 31.7 Å². The standard InChI is InChI=1S/C24H27FN6O3S.C2HF3O2/c1-23(14-35(32,27-2)24(13-30-23)8-4-5-21(24)26)17-9-15(6-7-18(17)25)20-10-19(31-34-20)22-28-11-16(33-3)12-29-22;3-2(4,5)1(6)7/h6-7,9-13,21H,4-5,8,14,26H2,1-3H3;(H,6,7)/t21?,23-,24?,35?;/m0./s1. The van der Waals surface area contributed by atoms with Crippen molar-refractivity contribution in [2.24, 2.45) is 15.1 Å². The van der Waals surface area contributed by atoms with E-state index in [9.17, 15) is 17.4 Å². The average molecular weight is 613 g/mol. The van der Waals surface area contributed by atoms with Gasteiger partial charge in [0.2, 0.25) is 0 Å². The predicted octanol–water partition coefficient (Wildman–Crippen LogP) is 4.23. The Hall–Kier alpha value is -3.92. The van der Waals surface area contributed by atoms with Crippen LogP contribution in [-0.2, 0) is 20.1 Å². The number of nitrogens with two attached hydrogens (primary N) is 1. The molecule has 0 amide bonds. The maximum atomic E-state index is 15.2. The molecular weight excluding hydrogens is 584 g/mol. The van der Waals surface area contributed by atoms with Crippen LogP contribution in [0.2, 0.25) is 0 Å². The fraction of sp³-hybridized carbons (Fsp3) is 0.423. The number of ether oxygens (including phenoxy) is 1. The summed E-state index contributed by atoms with van der Waals surface area (Å²) in [4.78, 5) is 22.1.